The Morgan fingerprint density at radius 2 is 2.04 bits per heavy atom. The molecule has 0 unspecified atom stereocenters. The van der Waals surface area contributed by atoms with Crippen LogP contribution in [0.2, 0.25) is 0 Å². The highest BCUT2D eigenvalue weighted by molar-refractivity contribution is 14.0. The minimum absolute atomic E-state index is 0. The first-order valence-corrected chi connectivity index (χ1v) is 11.2. The lowest BCUT2D eigenvalue weighted by molar-refractivity contribution is 0.453. The monoisotopic (exact) mass is 522 g/mol. The molecule has 28 heavy (non-hydrogen) atoms. The predicted molar refractivity (Wildman–Crippen MR) is 133 cm³/mol. The van der Waals surface area contributed by atoms with Crippen molar-refractivity contribution in [2.75, 3.05) is 33.4 Å². The average molecular weight is 523 g/mol. The number of aromatic nitrogens is 3. The Morgan fingerprint density at radius 1 is 1.29 bits per heavy atom. The highest BCUT2D eigenvalue weighted by Crippen LogP contribution is 2.16. The lowest BCUT2D eigenvalue weighted by Gasteiger charge is -2.22. The zero-order valence-corrected chi connectivity index (χ0v) is 21.4. The minimum atomic E-state index is 0. The number of nitrogens with zero attached hydrogens (tertiary/aromatic N) is 5. The summed E-state index contributed by atoms with van der Waals surface area (Å²) in [5.74, 6) is 2.63. The van der Waals surface area contributed by atoms with Gasteiger partial charge in [0.2, 0.25) is 0 Å². The Hall–Kier alpha value is -0.770. The number of nitrogens with one attached hydrogen (secondary N) is 1. The third-order valence-corrected chi connectivity index (χ3v) is 5.03. The first-order chi connectivity index (χ1) is 13.0. The molecule has 0 bridgehead atoms. The summed E-state index contributed by atoms with van der Waals surface area (Å²) in [4.78, 5) is 6.61. The van der Waals surface area contributed by atoms with Crippen LogP contribution in [-0.4, -0.2) is 59.1 Å². The van der Waals surface area contributed by atoms with E-state index in [0.29, 0.717) is 5.92 Å². The standard InChI is InChI=1S/C20H38N6S.HI/c1-7-8-9-10-11-15-25(5)19(21-4)22-14-12-13-18-23-24-20(27-6)26(18)16-17(2)3;/h7,17H,1,8-16H2,2-6H3,(H,21,22);1H. The Morgan fingerprint density at radius 3 is 2.64 bits per heavy atom. The van der Waals surface area contributed by atoms with E-state index in [1.54, 1.807) is 11.8 Å². The molecule has 6 nitrogen and oxygen atoms in total. The van der Waals surface area contributed by atoms with Crippen LogP contribution < -0.4 is 5.32 Å². The third kappa shape index (κ3) is 10.1. The van der Waals surface area contributed by atoms with Gasteiger partial charge in [-0.1, -0.05) is 38.1 Å². The molecular formula is C20H39IN6S. The molecule has 0 aliphatic carbocycles. The van der Waals surface area contributed by atoms with Gasteiger partial charge in [-0.05, 0) is 37.9 Å². The summed E-state index contributed by atoms with van der Waals surface area (Å²) in [6.45, 7) is 11.1. The van der Waals surface area contributed by atoms with Gasteiger partial charge in [-0.3, -0.25) is 4.99 Å². The van der Waals surface area contributed by atoms with Crippen LogP contribution in [0.25, 0.3) is 0 Å². The molecule has 0 atom stereocenters. The third-order valence-electron chi connectivity index (χ3n) is 4.36. The molecule has 0 saturated heterocycles. The van der Waals surface area contributed by atoms with E-state index in [0.717, 1.165) is 55.8 Å². The SMILES string of the molecule is C=CCCCCCN(C)C(=NC)NCCCc1nnc(SC)n1CC(C)C.I. The van der Waals surface area contributed by atoms with E-state index in [1.165, 1.54) is 19.3 Å². The summed E-state index contributed by atoms with van der Waals surface area (Å²) in [5.41, 5.74) is 0. The summed E-state index contributed by atoms with van der Waals surface area (Å²) in [6.07, 6.45) is 10.7. The smallest absolute Gasteiger partial charge is 0.193 e. The lowest BCUT2D eigenvalue weighted by atomic mass is 10.2. The molecule has 1 rings (SSSR count). The van der Waals surface area contributed by atoms with Crippen LogP contribution in [0.5, 0.6) is 0 Å². The normalized spacial score (nSPS) is 11.4. The van der Waals surface area contributed by atoms with Crippen molar-refractivity contribution in [1.82, 2.24) is 25.0 Å². The molecule has 1 heterocycles. The molecule has 162 valence electrons. The number of hydrogen-bond donors (Lipinski definition) is 1. The molecule has 0 aliphatic heterocycles. The van der Waals surface area contributed by atoms with Gasteiger partial charge in [-0.2, -0.15) is 0 Å². The van der Waals surface area contributed by atoms with Crippen LogP contribution in [0.3, 0.4) is 0 Å². The quantitative estimate of drug-likeness (QED) is 0.104. The van der Waals surface area contributed by atoms with Gasteiger partial charge in [0.05, 0.1) is 0 Å². The van der Waals surface area contributed by atoms with Gasteiger partial charge in [0, 0.05) is 40.2 Å². The van der Waals surface area contributed by atoms with Gasteiger partial charge >= 0.3 is 0 Å². The number of aryl methyl sites for hydroxylation is 1. The molecule has 0 aromatic carbocycles. The van der Waals surface area contributed by atoms with Crippen molar-refractivity contribution in [2.45, 2.75) is 64.1 Å². The van der Waals surface area contributed by atoms with Crippen molar-refractivity contribution in [3.63, 3.8) is 0 Å². The van der Waals surface area contributed by atoms with Crippen molar-refractivity contribution >= 4 is 41.7 Å². The molecule has 0 saturated carbocycles. The number of thioether (sulfide) groups is 1. The van der Waals surface area contributed by atoms with Gasteiger partial charge in [0.25, 0.3) is 0 Å². The Balaban J connectivity index is 0.00000729. The van der Waals surface area contributed by atoms with Gasteiger partial charge < -0.3 is 14.8 Å². The second-order valence-corrected chi connectivity index (χ2v) is 8.02. The molecule has 1 aromatic heterocycles. The maximum atomic E-state index is 4.40. The molecule has 1 aromatic rings. The fourth-order valence-electron chi connectivity index (χ4n) is 2.96. The summed E-state index contributed by atoms with van der Waals surface area (Å²) in [6, 6.07) is 0. The number of aliphatic imine (C=N–C) groups is 1. The van der Waals surface area contributed by atoms with E-state index >= 15 is 0 Å². The van der Waals surface area contributed by atoms with Crippen molar-refractivity contribution in [2.24, 2.45) is 10.9 Å². The van der Waals surface area contributed by atoms with E-state index in [9.17, 15) is 0 Å². The van der Waals surface area contributed by atoms with Crippen molar-refractivity contribution < 1.29 is 0 Å². The number of rotatable bonds is 13. The lowest BCUT2D eigenvalue weighted by Crippen LogP contribution is -2.39. The zero-order valence-electron chi connectivity index (χ0n) is 18.3. The van der Waals surface area contributed by atoms with Crippen LogP contribution in [0.1, 0.15) is 51.8 Å². The summed E-state index contributed by atoms with van der Waals surface area (Å²) in [5, 5.41) is 13.2. The number of unbranched alkanes of at least 4 members (excludes halogenated alkanes) is 3. The van der Waals surface area contributed by atoms with Gasteiger partial charge in [0.1, 0.15) is 5.82 Å². The molecule has 1 N–H and O–H groups in total. The van der Waals surface area contributed by atoms with Crippen LogP contribution in [0.15, 0.2) is 22.8 Å². The second kappa shape index (κ2) is 16.1. The molecule has 0 aliphatic rings. The van der Waals surface area contributed by atoms with Crippen molar-refractivity contribution in [3.05, 3.63) is 18.5 Å². The average Bonchev–Trinajstić information content (AvgIpc) is 3.02. The summed E-state index contributed by atoms with van der Waals surface area (Å²) in [7, 11) is 3.95. The first kappa shape index (κ1) is 27.2. The molecule has 0 amide bonds. The van der Waals surface area contributed by atoms with E-state index in [4.69, 9.17) is 0 Å². The maximum absolute atomic E-state index is 4.40. The van der Waals surface area contributed by atoms with Gasteiger partial charge in [0.15, 0.2) is 11.1 Å². The zero-order chi connectivity index (χ0) is 20.1. The largest absolute Gasteiger partial charge is 0.356 e. The maximum Gasteiger partial charge on any atom is 0.193 e. The van der Waals surface area contributed by atoms with E-state index in [-0.39, 0.29) is 24.0 Å². The Kier molecular flexibility index (Phi) is 15.6. The topological polar surface area (TPSA) is 58.3 Å². The van der Waals surface area contributed by atoms with E-state index < -0.39 is 0 Å². The predicted octanol–water partition coefficient (Wildman–Crippen LogP) is 4.46. The molecule has 0 fully saturated rings. The second-order valence-electron chi connectivity index (χ2n) is 7.24. The fraction of sp³-hybridized carbons (Fsp3) is 0.750. The first-order valence-electron chi connectivity index (χ1n) is 10.0. The Labute approximate surface area is 193 Å². The molecular weight excluding hydrogens is 483 g/mol. The van der Waals surface area contributed by atoms with Crippen LogP contribution in [-0.2, 0) is 13.0 Å². The summed E-state index contributed by atoms with van der Waals surface area (Å²) >= 11 is 1.66. The van der Waals surface area contributed by atoms with Crippen molar-refractivity contribution in [3.8, 4) is 0 Å². The van der Waals surface area contributed by atoms with Crippen LogP contribution in [0, 0.1) is 5.92 Å². The minimum Gasteiger partial charge on any atom is -0.356 e. The molecule has 0 radical (unpaired) electrons. The number of hydrogen-bond acceptors (Lipinski definition) is 4. The molecule has 0 spiro atoms. The Bertz CT molecular complexity index is 573. The number of allylic oxidation sites excluding steroid dienone is 1. The van der Waals surface area contributed by atoms with Crippen molar-refractivity contribution in [1.29, 1.82) is 0 Å². The number of guanidine groups is 1. The molecule has 8 heteroatoms. The highest BCUT2D eigenvalue weighted by atomic mass is 127. The summed E-state index contributed by atoms with van der Waals surface area (Å²) < 4.78 is 2.26. The van der Waals surface area contributed by atoms with Gasteiger partial charge in [-0.25, -0.2) is 0 Å². The fourth-order valence-corrected chi connectivity index (χ4v) is 3.48. The van der Waals surface area contributed by atoms with E-state index in [1.807, 2.05) is 13.1 Å². The van der Waals surface area contributed by atoms with E-state index in [2.05, 4.69) is 63.7 Å². The van der Waals surface area contributed by atoms with Crippen LogP contribution in [0.4, 0.5) is 0 Å². The highest BCUT2D eigenvalue weighted by Gasteiger charge is 2.12. The van der Waals surface area contributed by atoms with Crippen LogP contribution >= 0.6 is 35.7 Å². The van der Waals surface area contributed by atoms with Gasteiger partial charge in [-0.15, -0.1) is 40.8 Å². The number of halogens is 1.